The van der Waals surface area contributed by atoms with Crippen LogP contribution >= 0.6 is 0 Å². The number of carboxylic acid groups (broad SMARTS) is 1. The van der Waals surface area contributed by atoms with Crippen LogP contribution in [0.25, 0.3) is 0 Å². The standard InChI is InChI=1S/C12H11N3O5/c13-5-7-2-1-3-9(11(7)15(19)20)14-6-8(16)4-10(14)12(17)18/h1-3,8,10,16H,4,6H2,(H,17,18). The van der Waals surface area contributed by atoms with Gasteiger partial charge < -0.3 is 15.1 Å². The van der Waals surface area contributed by atoms with Crippen LogP contribution in [0.2, 0.25) is 0 Å². The Morgan fingerprint density at radius 1 is 1.55 bits per heavy atom. The van der Waals surface area contributed by atoms with Gasteiger partial charge in [-0.2, -0.15) is 5.26 Å². The molecule has 2 N–H and O–H groups in total. The van der Waals surface area contributed by atoms with Gasteiger partial charge in [-0.3, -0.25) is 10.1 Å². The molecule has 1 aromatic rings. The fraction of sp³-hybridized carbons (Fsp3) is 0.333. The van der Waals surface area contributed by atoms with E-state index in [9.17, 15) is 20.0 Å². The first-order chi connectivity index (χ1) is 9.45. The molecule has 1 heterocycles. The van der Waals surface area contributed by atoms with Gasteiger partial charge in [0, 0.05) is 13.0 Å². The lowest BCUT2D eigenvalue weighted by atomic mass is 10.1. The molecule has 0 bridgehead atoms. The number of nitro benzene ring substituents is 1. The van der Waals surface area contributed by atoms with Gasteiger partial charge in [-0.15, -0.1) is 0 Å². The Labute approximate surface area is 113 Å². The number of nitriles is 1. The van der Waals surface area contributed by atoms with Crippen LogP contribution in [0.1, 0.15) is 12.0 Å². The Morgan fingerprint density at radius 3 is 2.80 bits per heavy atom. The van der Waals surface area contributed by atoms with Crippen molar-refractivity contribution in [3.63, 3.8) is 0 Å². The molecule has 2 unspecified atom stereocenters. The van der Waals surface area contributed by atoms with Crippen molar-refractivity contribution in [3.05, 3.63) is 33.9 Å². The second-order valence-corrected chi connectivity index (χ2v) is 4.44. The summed E-state index contributed by atoms with van der Waals surface area (Å²) in [6, 6.07) is 4.80. The molecule has 1 aliphatic rings. The lowest BCUT2D eigenvalue weighted by molar-refractivity contribution is -0.384. The van der Waals surface area contributed by atoms with Crippen molar-refractivity contribution in [1.82, 2.24) is 0 Å². The Balaban J connectivity index is 2.55. The topological polar surface area (TPSA) is 128 Å². The molecule has 0 saturated carbocycles. The molecule has 20 heavy (non-hydrogen) atoms. The minimum atomic E-state index is -1.17. The molecule has 8 heteroatoms. The molecule has 1 aromatic carbocycles. The first-order valence-corrected chi connectivity index (χ1v) is 5.80. The van der Waals surface area contributed by atoms with Crippen LogP contribution in [0, 0.1) is 21.4 Å². The summed E-state index contributed by atoms with van der Waals surface area (Å²) in [6.07, 6.45) is -0.884. The normalized spacial score (nSPS) is 21.5. The smallest absolute Gasteiger partial charge is 0.326 e. The highest BCUT2D eigenvalue weighted by Gasteiger charge is 2.39. The molecule has 0 amide bonds. The van der Waals surface area contributed by atoms with E-state index < -0.39 is 28.7 Å². The van der Waals surface area contributed by atoms with Gasteiger partial charge in [-0.05, 0) is 12.1 Å². The van der Waals surface area contributed by atoms with Crippen molar-refractivity contribution in [2.75, 3.05) is 11.4 Å². The van der Waals surface area contributed by atoms with E-state index in [0.29, 0.717) is 0 Å². The van der Waals surface area contributed by atoms with Crippen LogP contribution < -0.4 is 4.90 Å². The van der Waals surface area contributed by atoms with Gasteiger partial charge in [-0.1, -0.05) is 6.07 Å². The molecule has 0 aliphatic carbocycles. The summed E-state index contributed by atoms with van der Waals surface area (Å²) in [7, 11) is 0. The Bertz CT molecular complexity index is 610. The minimum Gasteiger partial charge on any atom is -0.480 e. The third kappa shape index (κ3) is 2.26. The summed E-state index contributed by atoms with van der Waals surface area (Å²) < 4.78 is 0. The number of aliphatic hydroxyl groups excluding tert-OH is 1. The van der Waals surface area contributed by atoms with Crippen LogP contribution in [0.3, 0.4) is 0 Å². The third-order valence-corrected chi connectivity index (χ3v) is 3.19. The number of nitrogens with zero attached hydrogens (tertiary/aromatic N) is 3. The van der Waals surface area contributed by atoms with E-state index in [1.54, 1.807) is 6.07 Å². The van der Waals surface area contributed by atoms with Crippen LogP contribution in [0.5, 0.6) is 0 Å². The summed E-state index contributed by atoms with van der Waals surface area (Å²) >= 11 is 0. The van der Waals surface area contributed by atoms with E-state index in [0.717, 1.165) is 0 Å². The van der Waals surface area contributed by atoms with Crippen molar-refractivity contribution in [2.45, 2.75) is 18.6 Å². The monoisotopic (exact) mass is 277 g/mol. The average Bonchev–Trinajstić information content (AvgIpc) is 2.79. The van der Waals surface area contributed by atoms with Gasteiger partial charge in [-0.25, -0.2) is 4.79 Å². The molecule has 1 saturated heterocycles. The molecule has 1 fully saturated rings. The van der Waals surface area contributed by atoms with Gasteiger partial charge >= 0.3 is 11.7 Å². The van der Waals surface area contributed by atoms with Gasteiger partial charge in [0.1, 0.15) is 23.4 Å². The van der Waals surface area contributed by atoms with Gasteiger partial charge in [0.25, 0.3) is 0 Å². The van der Waals surface area contributed by atoms with E-state index in [1.165, 1.54) is 23.1 Å². The van der Waals surface area contributed by atoms with E-state index in [1.807, 2.05) is 0 Å². The van der Waals surface area contributed by atoms with Crippen molar-refractivity contribution in [1.29, 1.82) is 5.26 Å². The van der Waals surface area contributed by atoms with Crippen LogP contribution in [0.15, 0.2) is 18.2 Å². The first kappa shape index (κ1) is 13.8. The number of aliphatic carboxylic acids is 1. The number of anilines is 1. The van der Waals surface area contributed by atoms with Crippen molar-refractivity contribution >= 4 is 17.3 Å². The van der Waals surface area contributed by atoms with E-state index in [-0.39, 0.29) is 24.2 Å². The summed E-state index contributed by atoms with van der Waals surface area (Å²) in [4.78, 5) is 22.9. The summed E-state index contributed by atoms with van der Waals surface area (Å²) in [5.41, 5.74) is -0.536. The lowest BCUT2D eigenvalue weighted by Gasteiger charge is -2.23. The van der Waals surface area contributed by atoms with Crippen molar-refractivity contribution in [3.8, 4) is 6.07 Å². The highest BCUT2D eigenvalue weighted by Crippen LogP contribution is 2.35. The Kier molecular flexibility index (Phi) is 3.54. The maximum absolute atomic E-state index is 11.2. The number of benzene rings is 1. The molecular formula is C12H11N3O5. The lowest BCUT2D eigenvalue weighted by Crippen LogP contribution is -2.36. The molecule has 0 radical (unpaired) electrons. The molecule has 104 valence electrons. The number of β-amino-alcohol motifs (C(OH)–C–C–N with tert-alkyl or cyclic N) is 1. The van der Waals surface area contributed by atoms with Crippen LogP contribution in [-0.2, 0) is 4.79 Å². The SMILES string of the molecule is N#Cc1cccc(N2CC(O)CC2C(=O)O)c1[N+](=O)[O-]. The minimum absolute atomic E-state index is 0.0106. The van der Waals surface area contributed by atoms with Crippen molar-refractivity contribution < 1.29 is 19.9 Å². The number of carboxylic acids is 1. The van der Waals surface area contributed by atoms with E-state index in [2.05, 4.69) is 0 Å². The molecule has 2 atom stereocenters. The zero-order chi connectivity index (χ0) is 14.9. The number of rotatable bonds is 3. The molecule has 2 rings (SSSR count). The number of hydrogen-bond acceptors (Lipinski definition) is 6. The predicted octanol–water partition coefficient (Wildman–Crippen LogP) is 0.491. The fourth-order valence-electron chi connectivity index (χ4n) is 2.36. The highest BCUT2D eigenvalue weighted by atomic mass is 16.6. The maximum atomic E-state index is 11.2. The average molecular weight is 277 g/mol. The molecular weight excluding hydrogens is 266 g/mol. The molecule has 0 aromatic heterocycles. The molecule has 0 spiro atoms. The van der Waals surface area contributed by atoms with Gasteiger partial charge in [0.15, 0.2) is 0 Å². The number of hydrogen-bond donors (Lipinski definition) is 2. The summed E-state index contributed by atoms with van der Waals surface area (Å²) in [5.74, 6) is -1.17. The number of aliphatic hydroxyl groups is 1. The quantitative estimate of drug-likeness (QED) is 0.607. The molecule has 1 aliphatic heterocycles. The van der Waals surface area contributed by atoms with E-state index in [4.69, 9.17) is 10.4 Å². The first-order valence-electron chi connectivity index (χ1n) is 5.80. The second kappa shape index (κ2) is 5.14. The van der Waals surface area contributed by atoms with E-state index >= 15 is 0 Å². The fourth-order valence-corrected chi connectivity index (χ4v) is 2.36. The van der Waals surface area contributed by atoms with Gasteiger partial charge in [0.2, 0.25) is 0 Å². The largest absolute Gasteiger partial charge is 0.480 e. The zero-order valence-corrected chi connectivity index (χ0v) is 10.3. The second-order valence-electron chi connectivity index (χ2n) is 4.44. The number of para-hydroxylation sites is 1. The Hall–Kier alpha value is -2.66. The molecule has 8 nitrogen and oxygen atoms in total. The van der Waals surface area contributed by atoms with Gasteiger partial charge in [0.05, 0.1) is 11.0 Å². The zero-order valence-electron chi connectivity index (χ0n) is 10.3. The Morgan fingerprint density at radius 2 is 2.25 bits per heavy atom. The third-order valence-electron chi connectivity index (χ3n) is 3.19. The maximum Gasteiger partial charge on any atom is 0.326 e. The number of nitro groups is 1. The highest BCUT2D eigenvalue weighted by molar-refractivity contribution is 5.82. The summed E-state index contributed by atoms with van der Waals surface area (Å²) in [6.45, 7) is -0.0211. The van der Waals surface area contributed by atoms with Crippen molar-refractivity contribution in [2.24, 2.45) is 0 Å². The number of carbonyl (C=O) groups is 1. The predicted molar refractivity (Wildman–Crippen MR) is 67.2 cm³/mol. The van der Waals surface area contributed by atoms with Crippen LogP contribution in [-0.4, -0.2) is 39.8 Å². The summed E-state index contributed by atoms with van der Waals surface area (Å²) in [5, 5.41) is 38.8. The van der Waals surface area contributed by atoms with Crippen LogP contribution in [0.4, 0.5) is 11.4 Å².